The SMILES string of the molecule is CCNC(=NCc1ccc(C)cc1)N1CCN(c2ccccn2)CC1. The lowest BCUT2D eigenvalue weighted by molar-refractivity contribution is 0.371. The maximum Gasteiger partial charge on any atom is 0.194 e. The second-order valence-electron chi connectivity index (χ2n) is 6.32. The molecular weight excluding hydrogens is 310 g/mol. The number of guanidine groups is 1. The van der Waals surface area contributed by atoms with Gasteiger partial charge in [0, 0.05) is 38.9 Å². The van der Waals surface area contributed by atoms with Crippen LogP contribution in [0, 0.1) is 6.92 Å². The number of hydrogen-bond donors (Lipinski definition) is 1. The predicted octanol–water partition coefficient (Wildman–Crippen LogP) is 2.68. The fourth-order valence-electron chi connectivity index (χ4n) is 2.97. The fraction of sp³-hybridized carbons (Fsp3) is 0.400. The van der Waals surface area contributed by atoms with Gasteiger partial charge in [0.1, 0.15) is 5.82 Å². The van der Waals surface area contributed by atoms with Gasteiger partial charge in [-0.3, -0.25) is 0 Å². The number of nitrogens with zero attached hydrogens (tertiary/aromatic N) is 4. The molecule has 1 aromatic carbocycles. The third-order valence-corrected chi connectivity index (χ3v) is 4.42. The molecule has 0 atom stereocenters. The maximum atomic E-state index is 4.83. The molecule has 25 heavy (non-hydrogen) atoms. The maximum absolute atomic E-state index is 4.83. The van der Waals surface area contributed by atoms with Crippen LogP contribution >= 0.6 is 0 Å². The molecule has 0 amide bonds. The van der Waals surface area contributed by atoms with Crippen LogP contribution in [0.2, 0.25) is 0 Å². The number of anilines is 1. The Morgan fingerprint density at radius 1 is 1.08 bits per heavy atom. The molecule has 0 unspecified atom stereocenters. The second-order valence-corrected chi connectivity index (χ2v) is 6.32. The van der Waals surface area contributed by atoms with E-state index in [1.807, 2.05) is 18.3 Å². The molecule has 5 heteroatoms. The Morgan fingerprint density at radius 2 is 1.84 bits per heavy atom. The molecule has 3 rings (SSSR count). The molecule has 132 valence electrons. The molecule has 0 bridgehead atoms. The van der Waals surface area contributed by atoms with Gasteiger partial charge in [0.25, 0.3) is 0 Å². The molecular formula is C20H27N5. The highest BCUT2D eigenvalue weighted by atomic mass is 15.4. The van der Waals surface area contributed by atoms with E-state index >= 15 is 0 Å². The molecule has 1 saturated heterocycles. The first-order valence-electron chi connectivity index (χ1n) is 9.01. The van der Waals surface area contributed by atoms with Crippen LogP contribution in [0.3, 0.4) is 0 Å². The molecule has 5 nitrogen and oxygen atoms in total. The number of rotatable bonds is 4. The largest absolute Gasteiger partial charge is 0.357 e. The number of aliphatic imine (C=N–C) groups is 1. The minimum atomic E-state index is 0.711. The summed E-state index contributed by atoms with van der Waals surface area (Å²) in [6, 6.07) is 14.7. The normalized spacial score (nSPS) is 15.4. The molecule has 2 heterocycles. The van der Waals surface area contributed by atoms with Crippen LogP contribution in [0.25, 0.3) is 0 Å². The molecule has 1 aromatic heterocycles. The van der Waals surface area contributed by atoms with Crippen LogP contribution < -0.4 is 10.2 Å². The van der Waals surface area contributed by atoms with Crippen molar-refractivity contribution in [2.24, 2.45) is 4.99 Å². The van der Waals surface area contributed by atoms with Gasteiger partial charge in [0.15, 0.2) is 5.96 Å². The van der Waals surface area contributed by atoms with Crippen molar-refractivity contribution in [2.45, 2.75) is 20.4 Å². The zero-order chi connectivity index (χ0) is 17.5. The van der Waals surface area contributed by atoms with Crippen molar-refractivity contribution in [3.63, 3.8) is 0 Å². The smallest absolute Gasteiger partial charge is 0.194 e. The van der Waals surface area contributed by atoms with Crippen LogP contribution in [0.15, 0.2) is 53.7 Å². The van der Waals surface area contributed by atoms with E-state index in [4.69, 9.17) is 4.99 Å². The number of nitrogens with one attached hydrogen (secondary N) is 1. The Balaban J connectivity index is 1.61. The number of benzene rings is 1. The lowest BCUT2D eigenvalue weighted by Crippen LogP contribution is -2.52. The number of piperazine rings is 1. The van der Waals surface area contributed by atoms with Gasteiger partial charge >= 0.3 is 0 Å². The van der Waals surface area contributed by atoms with Gasteiger partial charge in [-0.05, 0) is 31.5 Å². The van der Waals surface area contributed by atoms with E-state index in [0.717, 1.165) is 44.5 Å². The zero-order valence-electron chi connectivity index (χ0n) is 15.2. The minimum absolute atomic E-state index is 0.711. The van der Waals surface area contributed by atoms with Gasteiger partial charge in [0.2, 0.25) is 0 Å². The third-order valence-electron chi connectivity index (χ3n) is 4.42. The Kier molecular flexibility index (Phi) is 5.88. The average molecular weight is 337 g/mol. The Bertz CT molecular complexity index is 673. The van der Waals surface area contributed by atoms with Gasteiger partial charge in [-0.25, -0.2) is 9.98 Å². The summed E-state index contributed by atoms with van der Waals surface area (Å²) in [5.41, 5.74) is 2.53. The van der Waals surface area contributed by atoms with E-state index in [-0.39, 0.29) is 0 Å². The summed E-state index contributed by atoms with van der Waals surface area (Å²) >= 11 is 0. The summed E-state index contributed by atoms with van der Waals surface area (Å²) in [5, 5.41) is 3.43. The van der Waals surface area contributed by atoms with Gasteiger partial charge in [-0.1, -0.05) is 35.9 Å². The van der Waals surface area contributed by atoms with Crippen molar-refractivity contribution in [3.8, 4) is 0 Å². The molecule has 1 fully saturated rings. The van der Waals surface area contributed by atoms with E-state index in [0.29, 0.717) is 6.54 Å². The van der Waals surface area contributed by atoms with Crippen LogP contribution in [0.5, 0.6) is 0 Å². The Morgan fingerprint density at radius 3 is 2.48 bits per heavy atom. The van der Waals surface area contributed by atoms with E-state index in [1.165, 1.54) is 11.1 Å². The summed E-state index contributed by atoms with van der Waals surface area (Å²) in [5.74, 6) is 2.06. The highest BCUT2D eigenvalue weighted by molar-refractivity contribution is 5.80. The number of aromatic nitrogens is 1. The summed E-state index contributed by atoms with van der Waals surface area (Å²) in [4.78, 5) is 14.0. The van der Waals surface area contributed by atoms with Gasteiger partial charge in [0.05, 0.1) is 6.54 Å². The molecule has 2 aromatic rings. The van der Waals surface area contributed by atoms with Crippen molar-refractivity contribution in [1.29, 1.82) is 0 Å². The summed E-state index contributed by atoms with van der Waals surface area (Å²) in [6.45, 7) is 9.66. The Labute approximate surface area is 150 Å². The van der Waals surface area contributed by atoms with Crippen molar-refractivity contribution in [2.75, 3.05) is 37.6 Å². The first-order valence-corrected chi connectivity index (χ1v) is 9.01. The first-order chi connectivity index (χ1) is 12.3. The van der Waals surface area contributed by atoms with Gasteiger partial charge in [-0.15, -0.1) is 0 Å². The standard InChI is InChI=1S/C20H27N5/c1-3-21-20(23-16-18-9-7-17(2)8-10-18)25-14-12-24(13-15-25)19-6-4-5-11-22-19/h4-11H,3,12-16H2,1-2H3,(H,21,23). The lowest BCUT2D eigenvalue weighted by atomic mass is 10.1. The van der Waals surface area contributed by atoms with Crippen LogP contribution in [-0.4, -0.2) is 48.6 Å². The number of pyridine rings is 1. The topological polar surface area (TPSA) is 43.8 Å². The second kappa shape index (κ2) is 8.51. The first kappa shape index (κ1) is 17.3. The molecule has 0 radical (unpaired) electrons. The van der Waals surface area contributed by atoms with Crippen LogP contribution in [0.1, 0.15) is 18.1 Å². The summed E-state index contributed by atoms with van der Waals surface area (Å²) in [7, 11) is 0. The minimum Gasteiger partial charge on any atom is -0.357 e. The zero-order valence-corrected chi connectivity index (χ0v) is 15.2. The summed E-state index contributed by atoms with van der Waals surface area (Å²) < 4.78 is 0. The highest BCUT2D eigenvalue weighted by Crippen LogP contribution is 2.13. The molecule has 1 N–H and O–H groups in total. The van der Waals surface area contributed by atoms with Gasteiger partial charge < -0.3 is 15.1 Å². The van der Waals surface area contributed by atoms with Crippen molar-refractivity contribution in [1.82, 2.24) is 15.2 Å². The van der Waals surface area contributed by atoms with E-state index in [1.54, 1.807) is 0 Å². The Hall–Kier alpha value is -2.56. The molecule has 0 saturated carbocycles. The molecule has 1 aliphatic rings. The van der Waals surface area contributed by atoms with Gasteiger partial charge in [-0.2, -0.15) is 0 Å². The molecule has 0 aliphatic carbocycles. The fourth-order valence-corrected chi connectivity index (χ4v) is 2.97. The highest BCUT2D eigenvalue weighted by Gasteiger charge is 2.20. The quantitative estimate of drug-likeness (QED) is 0.688. The summed E-state index contributed by atoms with van der Waals surface area (Å²) in [6.07, 6.45) is 1.86. The molecule has 1 aliphatic heterocycles. The van der Waals surface area contributed by atoms with E-state index in [9.17, 15) is 0 Å². The lowest BCUT2D eigenvalue weighted by Gasteiger charge is -2.37. The van der Waals surface area contributed by atoms with E-state index in [2.05, 4.69) is 64.3 Å². The predicted molar refractivity (Wildman–Crippen MR) is 104 cm³/mol. The monoisotopic (exact) mass is 337 g/mol. The van der Waals surface area contributed by atoms with Crippen molar-refractivity contribution >= 4 is 11.8 Å². The molecule has 0 spiro atoms. The van der Waals surface area contributed by atoms with Crippen molar-refractivity contribution < 1.29 is 0 Å². The van der Waals surface area contributed by atoms with Crippen LogP contribution in [-0.2, 0) is 6.54 Å². The average Bonchev–Trinajstić information content (AvgIpc) is 2.67. The van der Waals surface area contributed by atoms with Crippen LogP contribution in [0.4, 0.5) is 5.82 Å². The van der Waals surface area contributed by atoms with Crippen molar-refractivity contribution in [3.05, 3.63) is 59.8 Å². The van der Waals surface area contributed by atoms with E-state index < -0.39 is 0 Å². The number of aryl methyl sites for hydroxylation is 1. The number of hydrogen-bond acceptors (Lipinski definition) is 3. The third kappa shape index (κ3) is 4.72.